The van der Waals surface area contributed by atoms with Crippen LogP contribution in [0, 0.1) is 5.41 Å². The minimum Gasteiger partial charge on any atom is -0.465 e. The van der Waals surface area contributed by atoms with Gasteiger partial charge in [0.2, 0.25) is 0 Å². The van der Waals surface area contributed by atoms with Gasteiger partial charge in [0, 0.05) is 31.1 Å². The van der Waals surface area contributed by atoms with E-state index in [9.17, 15) is 23.1 Å². The quantitative estimate of drug-likeness (QED) is 0.508. The normalized spacial score (nSPS) is 19.4. The molecular formula is C23H32N6O5S2. The molecule has 0 saturated carbocycles. The molecule has 0 spiro atoms. The molecule has 13 heteroatoms. The number of fused-ring (bicyclic) bond motifs is 1. The zero-order valence-electron chi connectivity index (χ0n) is 21.3. The second-order valence-corrected chi connectivity index (χ2v) is 13.3. The number of aromatic amines is 1. The summed E-state index contributed by atoms with van der Waals surface area (Å²) in [5.41, 5.74) is -0.322. The second kappa shape index (κ2) is 8.96. The van der Waals surface area contributed by atoms with Gasteiger partial charge < -0.3 is 10.1 Å². The van der Waals surface area contributed by atoms with Crippen molar-refractivity contribution in [2.24, 2.45) is 5.41 Å². The van der Waals surface area contributed by atoms with E-state index in [-0.39, 0.29) is 5.56 Å². The first-order valence-corrected chi connectivity index (χ1v) is 14.0. The van der Waals surface area contributed by atoms with Crippen molar-refractivity contribution < 1.29 is 18.3 Å². The Bertz CT molecular complexity index is 1480. The topological polar surface area (TPSA) is 141 Å². The lowest BCUT2D eigenvalue weighted by molar-refractivity contribution is -0.0353. The number of carbonyl (C=O) groups is 1. The van der Waals surface area contributed by atoms with E-state index in [1.807, 2.05) is 27.7 Å². The molecule has 4 rings (SSSR count). The van der Waals surface area contributed by atoms with Crippen molar-refractivity contribution in [3.8, 4) is 10.4 Å². The summed E-state index contributed by atoms with van der Waals surface area (Å²) in [4.78, 5) is 35.3. The van der Waals surface area contributed by atoms with Crippen LogP contribution in [0.2, 0.25) is 0 Å². The van der Waals surface area contributed by atoms with Crippen LogP contribution >= 0.6 is 11.3 Å². The van der Waals surface area contributed by atoms with E-state index in [2.05, 4.69) is 10.1 Å². The third-order valence-corrected chi connectivity index (χ3v) is 9.82. The maximum atomic E-state index is 13.3. The van der Waals surface area contributed by atoms with Gasteiger partial charge in [0.05, 0.1) is 17.4 Å². The van der Waals surface area contributed by atoms with E-state index in [0.29, 0.717) is 51.6 Å². The summed E-state index contributed by atoms with van der Waals surface area (Å²) in [7, 11) is -0.923. The number of likely N-dealkylation sites (tertiary alicyclic amines) is 1. The summed E-state index contributed by atoms with van der Waals surface area (Å²) in [5.74, 6) is 0.334. The van der Waals surface area contributed by atoms with E-state index in [1.165, 1.54) is 36.5 Å². The summed E-state index contributed by atoms with van der Waals surface area (Å²) in [6.45, 7) is 8.10. The molecule has 0 unspecified atom stereocenters. The molecule has 0 radical (unpaired) electrons. The molecule has 1 saturated heterocycles. The first-order chi connectivity index (χ1) is 16.8. The molecule has 1 aliphatic rings. The molecule has 1 amide bonds. The molecule has 0 aromatic carbocycles. The highest BCUT2D eigenvalue weighted by Gasteiger charge is 2.53. The number of piperidine rings is 1. The summed E-state index contributed by atoms with van der Waals surface area (Å²) < 4.78 is 27.9. The van der Waals surface area contributed by atoms with Crippen molar-refractivity contribution in [1.82, 2.24) is 28.4 Å². The fraction of sp³-hybridized carbons (Fsp3) is 0.565. The Kier molecular flexibility index (Phi) is 6.55. The number of aromatic nitrogens is 4. The van der Waals surface area contributed by atoms with Crippen molar-refractivity contribution in [3.05, 3.63) is 34.1 Å². The number of rotatable bonds is 5. The highest BCUT2D eigenvalue weighted by atomic mass is 32.2. The standard InChI is InChI=1S/C23H32N6O5S2/c1-7-16-14(13-24-29(16)36(33,34)27(5)6)17-12-15-18(35-17)19(30)26-20(25-15)23(22(2,3)4)10-8-9-11-28(23)21(31)32/h12-13H,7-11H2,1-6H3,(H,31,32)(H,25,26,30)/t23-/m1/s1. The predicted octanol–water partition coefficient (Wildman–Crippen LogP) is 3.47. The predicted molar refractivity (Wildman–Crippen MR) is 139 cm³/mol. The second-order valence-electron chi connectivity index (χ2n) is 10.2. The monoisotopic (exact) mass is 536 g/mol. The van der Waals surface area contributed by atoms with Gasteiger partial charge in [0.15, 0.2) is 0 Å². The van der Waals surface area contributed by atoms with Crippen LogP contribution < -0.4 is 5.56 Å². The van der Waals surface area contributed by atoms with Crippen molar-refractivity contribution >= 4 is 37.9 Å². The molecule has 0 bridgehead atoms. The zero-order valence-corrected chi connectivity index (χ0v) is 23.0. The molecule has 2 N–H and O–H groups in total. The Morgan fingerprint density at radius 1 is 1.31 bits per heavy atom. The Labute approximate surface area is 213 Å². The lowest BCUT2D eigenvalue weighted by Gasteiger charge is -2.52. The summed E-state index contributed by atoms with van der Waals surface area (Å²) in [5, 5.41) is 14.2. The first-order valence-electron chi connectivity index (χ1n) is 11.8. The summed E-state index contributed by atoms with van der Waals surface area (Å²) in [6.07, 6.45) is 2.97. The number of hydrogen-bond donors (Lipinski definition) is 2. The summed E-state index contributed by atoms with van der Waals surface area (Å²) in [6, 6.07) is 1.76. The number of nitrogens with zero attached hydrogens (tertiary/aromatic N) is 5. The Balaban J connectivity index is 1.92. The lowest BCUT2D eigenvalue weighted by atomic mass is 9.67. The SMILES string of the molecule is CCc1c(-c2cc3nc([C@@]4(C(C)(C)C)CCCCN4C(=O)O)[nH]c(=O)c3s2)cnn1S(=O)(=O)N(C)C. The third-order valence-electron chi connectivity index (χ3n) is 6.99. The fourth-order valence-corrected chi connectivity index (χ4v) is 7.13. The number of carboxylic acid groups (broad SMARTS) is 1. The number of thiophene rings is 1. The van der Waals surface area contributed by atoms with Gasteiger partial charge in [-0.1, -0.05) is 27.7 Å². The van der Waals surface area contributed by atoms with E-state index >= 15 is 0 Å². The molecule has 1 atom stereocenters. The van der Waals surface area contributed by atoms with Crippen molar-refractivity contribution in [2.45, 2.75) is 58.9 Å². The van der Waals surface area contributed by atoms with Crippen LogP contribution in [0.3, 0.4) is 0 Å². The molecule has 3 aromatic rings. The molecule has 196 valence electrons. The number of hydrogen-bond acceptors (Lipinski definition) is 7. The van der Waals surface area contributed by atoms with Crippen molar-refractivity contribution in [3.63, 3.8) is 0 Å². The largest absolute Gasteiger partial charge is 0.465 e. The Hall–Kier alpha value is -2.77. The van der Waals surface area contributed by atoms with Gasteiger partial charge in [-0.05, 0) is 37.2 Å². The smallest absolute Gasteiger partial charge is 0.408 e. The van der Waals surface area contributed by atoms with Crippen LogP contribution in [0.25, 0.3) is 20.7 Å². The Morgan fingerprint density at radius 2 is 2.00 bits per heavy atom. The molecule has 4 heterocycles. The first kappa shape index (κ1) is 26.3. The van der Waals surface area contributed by atoms with Crippen LogP contribution in [0.15, 0.2) is 17.1 Å². The van der Waals surface area contributed by atoms with Crippen LogP contribution in [0.1, 0.15) is 58.5 Å². The van der Waals surface area contributed by atoms with E-state index in [4.69, 9.17) is 4.98 Å². The van der Waals surface area contributed by atoms with Gasteiger partial charge in [0.25, 0.3) is 5.56 Å². The number of amides is 1. The van der Waals surface area contributed by atoms with Crippen LogP contribution in [-0.2, 0) is 22.2 Å². The van der Waals surface area contributed by atoms with Gasteiger partial charge in [-0.3, -0.25) is 9.69 Å². The minimum absolute atomic E-state index is 0.334. The molecule has 11 nitrogen and oxygen atoms in total. The molecule has 1 aliphatic heterocycles. The summed E-state index contributed by atoms with van der Waals surface area (Å²) >= 11 is 1.21. The maximum Gasteiger partial charge on any atom is 0.408 e. The van der Waals surface area contributed by atoms with Crippen molar-refractivity contribution in [1.29, 1.82) is 0 Å². The Morgan fingerprint density at radius 3 is 2.58 bits per heavy atom. The number of H-pyrrole nitrogens is 1. The van der Waals surface area contributed by atoms with Crippen LogP contribution in [0.5, 0.6) is 0 Å². The molecule has 0 aliphatic carbocycles. The van der Waals surface area contributed by atoms with E-state index < -0.39 is 27.3 Å². The lowest BCUT2D eigenvalue weighted by Crippen LogP contribution is -2.59. The fourth-order valence-electron chi connectivity index (χ4n) is 5.13. The third kappa shape index (κ3) is 3.93. The average molecular weight is 537 g/mol. The van der Waals surface area contributed by atoms with Crippen molar-refractivity contribution in [2.75, 3.05) is 20.6 Å². The van der Waals surface area contributed by atoms with Gasteiger partial charge in [-0.15, -0.1) is 15.4 Å². The van der Waals surface area contributed by atoms with Gasteiger partial charge >= 0.3 is 16.3 Å². The average Bonchev–Trinajstić information content (AvgIpc) is 3.42. The molecular weight excluding hydrogens is 504 g/mol. The van der Waals surface area contributed by atoms with E-state index in [0.717, 1.165) is 21.2 Å². The van der Waals surface area contributed by atoms with Gasteiger partial charge in [-0.2, -0.15) is 17.8 Å². The molecule has 1 fully saturated rings. The molecule has 3 aromatic heterocycles. The van der Waals surface area contributed by atoms with Gasteiger partial charge in [-0.25, -0.2) is 9.78 Å². The zero-order chi connectivity index (χ0) is 26.6. The maximum absolute atomic E-state index is 13.3. The highest BCUT2D eigenvalue weighted by Crippen LogP contribution is 2.49. The van der Waals surface area contributed by atoms with Gasteiger partial charge in [0.1, 0.15) is 16.1 Å². The highest BCUT2D eigenvalue weighted by molar-refractivity contribution is 7.87. The minimum atomic E-state index is -3.81. The van der Waals surface area contributed by atoms with E-state index in [1.54, 1.807) is 6.07 Å². The van der Waals surface area contributed by atoms with Crippen LogP contribution in [-0.4, -0.2) is 68.6 Å². The number of nitrogens with one attached hydrogen (secondary N) is 1. The van der Waals surface area contributed by atoms with Crippen LogP contribution in [0.4, 0.5) is 4.79 Å². The molecule has 36 heavy (non-hydrogen) atoms.